The largest absolute Gasteiger partial charge is 0.387 e. The van der Waals surface area contributed by atoms with Crippen molar-refractivity contribution in [3.8, 4) is 0 Å². The van der Waals surface area contributed by atoms with Crippen molar-refractivity contribution in [1.29, 1.82) is 0 Å². The lowest BCUT2D eigenvalue weighted by Crippen LogP contribution is -2.11. The minimum Gasteiger partial charge on any atom is -0.387 e. The molecule has 0 radical (unpaired) electrons. The molecule has 15 heavy (non-hydrogen) atoms. The van der Waals surface area contributed by atoms with Gasteiger partial charge in [-0.3, -0.25) is 9.98 Å². The highest BCUT2D eigenvalue weighted by Gasteiger charge is 1.94. The first-order valence-electron chi connectivity index (χ1n) is 5.13. The average molecular weight is 235 g/mol. The molecule has 90 valence electrons. The molecule has 5 heteroatoms. The maximum absolute atomic E-state index is 5.57. The van der Waals surface area contributed by atoms with Gasteiger partial charge in [-0.15, -0.1) is 12.4 Å². The molecule has 0 saturated carbocycles. The van der Waals surface area contributed by atoms with Crippen molar-refractivity contribution in [3.63, 3.8) is 0 Å². The lowest BCUT2D eigenvalue weighted by atomic mass is 10.1. The van der Waals surface area contributed by atoms with Crippen LogP contribution in [0.15, 0.2) is 9.98 Å². The van der Waals surface area contributed by atoms with Crippen LogP contribution < -0.4 is 11.5 Å². The normalized spacial score (nSPS) is 12.4. The van der Waals surface area contributed by atoms with Crippen molar-refractivity contribution >= 4 is 24.1 Å². The standard InChI is InChI=1S/C10H22N4.ClH/c1-13-9(11)7-5-3-4-6-8-10(12)14-2;/h3-8H2,1-2H3,(H2,11,13)(H2,12,14);1H. The maximum Gasteiger partial charge on any atom is 0.0933 e. The molecule has 0 bridgehead atoms. The molecule has 0 atom stereocenters. The molecule has 0 aromatic carbocycles. The number of amidine groups is 2. The number of aliphatic imine (C=N–C) groups is 2. The van der Waals surface area contributed by atoms with Gasteiger partial charge in [0, 0.05) is 26.9 Å². The monoisotopic (exact) mass is 234 g/mol. The van der Waals surface area contributed by atoms with E-state index < -0.39 is 0 Å². The Morgan fingerprint density at radius 3 is 1.40 bits per heavy atom. The fourth-order valence-corrected chi connectivity index (χ4v) is 1.19. The molecule has 0 heterocycles. The highest BCUT2D eigenvalue weighted by Crippen LogP contribution is 2.05. The van der Waals surface area contributed by atoms with Gasteiger partial charge in [0.05, 0.1) is 11.7 Å². The van der Waals surface area contributed by atoms with Gasteiger partial charge in [0.1, 0.15) is 0 Å². The van der Waals surface area contributed by atoms with E-state index in [0.717, 1.165) is 37.4 Å². The second-order valence-electron chi connectivity index (χ2n) is 3.34. The molecule has 0 aliphatic heterocycles. The molecule has 0 unspecified atom stereocenters. The fraction of sp³-hybridized carbons (Fsp3) is 0.800. The summed E-state index contributed by atoms with van der Waals surface area (Å²) in [5, 5.41) is 0. The summed E-state index contributed by atoms with van der Waals surface area (Å²) < 4.78 is 0. The number of nitrogens with two attached hydrogens (primary N) is 2. The van der Waals surface area contributed by atoms with Crippen molar-refractivity contribution < 1.29 is 0 Å². The fourth-order valence-electron chi connectivity index (χ4n) is 1.19. The molecule has 0 aliphatic rings. The Bertz CT molecular complexity index is 180. The van der Waals surface area contributed by atoms with Crippen LogP contribution in [-0.4, -0.2) is 25.8 Å². The first kappa shape index (κ1) is 16.7. The van der Waals surface area contributed by atoms with Gasteiger partial charge in [-0.1, -0.05) is 12.8 Å². The zero-order valence-electron chi connectivity index (χ0n) is 9.70. The minimum absolute atomic E-state index is 0. The Morgan fingerprint density at radius 2 is 1.13 bits per heavy atom. The topological polar surface area (TPSA) is 76.8 Å². The lowest BCUT2D eigenvalue weighted by Gasteiger charge is -2.01. The second kappa shape index (κ2) is 11.3. The molecule has 0 amide bonds. The van der Waals surface area contributed by atoms with Gasteiger partial charge in [0.15, 0.2) is 0 Å². The molecule has 0 rings (SSSR count). The molecule has 0 aromatic rings. The van der Waals surface area contributed by atoms with Gasteiger partial charge in [0.25, 0.3) is 0 Å². The van der Waals surface area contributed by atoms with E-state index in [-0.39, 0.29) is 12.4 Å². The van der Waals surface area contributed by atoms with Crippen LogP contribution in [0.1, 0.15) is 38.5 Å². The van der Waals surface area contributed by atoms with Crippen LogP contribution in [0.3, 0.4) is 0 Å². The lowest BCUT2D eigenvalue weighted by molar-refractivity contribution is 0.664. The van der Waals surface area contributed by atoms with E-state index in [1.165, 1.54) is 12.8 Å². The second-order valence-corrected chi connectivity index (χ2v) is 3.34. The van der Waals surface area contributed by atoms with Crippen molar-refractivity contribution in [2.24, 2.45) is 21.5 Å². The number of halogens is 1. The van der Waals surface area contributed by atoms with Crippen LogP contribution in [0.2, 0.25) is 0 Å². The van der Waals surface area contributed by atoms with Crippen molar-refractivity contribution in [2.75, 3.05) is 14.1 Å². The quantitative estimate of drug-likeness (QED) is 0.400. The van der Waals surface area contributed by atoms with E-state index in [0.29, 0.717) is 0 Å². The van der Waals surface area contributed by atoms with Gasteiger partial charge in [-0.2, -0.15) is 0 Å². The molecule has 4 nitrogen and oxygen atoms in total. The van der Waals surface area contributed by atoms with Crippen LogP contribution >= 0.6 is 12.4 Å². The van der Waals surface area contributed by atoms with Crippen molar-refractivity contribution in [2.45, 2.75) is 38.5 Å². The van der Waals surface area contributed by atoms with Crippen molar-refractivity contribution in [1.82, 2.24) is 0 Å². The van der Waals surface area contributed by atoms with Crippen LogP contribution in [-0.2, 0) is 0 Å². The van der Waals surface area contributed by atoms with Crippen LogP contribution in [0.4, 0.5) is 0 Å². The predicted molar refractivity (Wildman–Crippen MR) is 70.0 cm³/mol. The summed E-state index contributed by atoms with van der Waals surface area (Å²) in [5.41, 5.74) is 11.1. The van der Waals surface area contributed by atoms with Crippen molar-refractivity contribution in [3.05, 3.63) is 0 Å². The first-order valence-corrected chi connectivity index (χ1v) is 5.13. The van der Waals surface area contributed by atoms with Gasteiger partial charge in [-0.05, 0) is 12.8 Å². The molecule has 0 aromatic heterocycles. The number of rotatable bonds is 7. The third-order valence-corrected chi connectivity index (χ3v) is 2.19. The Balaban J connectivity index is 0. The molecule has 0 aliphatic carbocycles. The van der Waals surface area contributed by atoms with E-state index in [4.69, 9.17) is 11.5 Å². The minimum atomic E-state index is 0. The summed E-state index contributed by atoms with van der Waals surface area (Å²) in [7, 11) is 3.46. The molecular formula is C10H23ClN4. The summed E-state index contributed by atoms with van der Waals surface area (Å²) in [6.45, 7) is 0. The predicted octanol–water partition coefficient (Wildman–Crippen LogP) is 1.72. The zero-order chi connectivity index (χ0) is 10.8. The van der Waals surface area contributed by atoms with Gasteiger partial charge in [0.2, 0.25) is 0 Å². The van der Waals surface area contributed by atoms with E-state index in [2.05, 4.69) is 9.98 Å². The molecule has 4 N–H and O–H groups in total. The Kier molecular flexibility index (Phi) is 12.6. The summed E-state index contributed by atoms with van der Waals surface area (Å²) in [6.07, 6.45) is 6.43. The van der Waals surface area contributed by atoms with Gasteiger partial charge < -0.3 is 11.5 Å². The maximum atomic E-state index is 5.57. The third-order valence-electron chi connectivity index (χ3n) is 2.19. The molecular weight excluding hydrogens is 212 g/mol. The molecule has 0 spiro atoms. The zero-order valence-corrected chi connectivity index (χ0v) is 10.5. The summed E-state index contributed by atoms with van der Waals surface area (Å²) in [5.74, 6) is 1.50. The van der Waals surface area contributed by atoms with E-state index in [1.807, 2.05) is 0 Å². The molecule has 0 fully saturated rings. The number of hydrogen-bond acceptors (Lipinski definition) is 2. The average Bonchev–Trinajstić information content (AvgIpc) is 2.22. The summed E-state index contributed by atoms with van der Waals surface area (Å²) in [6, 6.07) is 0. The van der Waals surface area contributed by atoms with Crippen LogP contribution in [0.5, 0.6) is 0 Å². The number of hydrogen-bond donors (Lipinski definition) is 2. The number of unbranched alkanes of at least 4 members (excludes halogenated alkanes) is 3. The Labute approximate surface area is 98.6 Å². The Hall–Kier alpha value is -0.770. The van der Waals surface area contributed by atoms with E-state index in [9.17, 15) is 0 Å². The van der Waals surface area contributed by atoms with E-state index >= 15 is 0 Å². The van der Waals surface area contributed by atoms with Crippen LogP contribution in [0.25, 0.3) is 0 Å². The van der Waals surface area contributed by atoms with E-state index in [1.54, 1.807) is 14.1 Å². The summed E-state index contributed by atoms with van der Waals surface area (Å²) in [4.78, 5) is 7.81. The SMILES string of the molecule is CN=C(N)CCCCCCC(N)=NC.Cl. The Morgan fingerprint density at radius 1 is 0.800 bits per heavy atom. The smallest absolute Gasteiger partial charge is 0.0933 e. The van der Waals surface area contributed by atoms with Gasteiger partial charge >= 0.3 is 0 Å². The number of nitrogens with zero attached hydrogens (tertiary/aromatic N) is 2. The first-order chi connectivity index (χ1) is 6.70. The molecule has 0 saturated heterocycles. The van der Waals surface area contributed by atoms with Gasteiger partial charge in [-0.25, -0.2) is 0 Å². The van der Waals surface area contributed by atoms with Crippen LogP contribution in [0, 0.1) is 0 Å². The highest BCUT2D eigenvalue weighted by molar-refractivity contribution is 5.85. The summed E-state index contributed by atoms with van der Waals surface area (Å²) >= 11 is 0. The highest BCUT2D eigenvalue weighted by atomic mass is 35.5. The third kappa shape index (κ3) is 11.2.